The van der Waals surface area contributed by atoms with Gasteiger partial charge < -0.3 is 4.74 Å². The number of unbranched alkanes of at least 4 members (excludes halogenated alkanes) is 2. The molecule has 0 aromatic heterocycles. The summed E-state index contributed by atoms with van der Waals surface area (Å²) in [6.07, 6.45) is 21.7. The molecule has 0 saturated heterocycles. The quantitative estimate of drug-likeness (QED) is 0.217. The number of hydrogen-bond donors (Lipinski definition) is 0. The fourth-order valence-electron chi connectivity index (χ4n) is 6.72. The minimum atomic E-state index is -0.843. The number of ether oxygens (including phenoxy) is 1. The average molecular weight is 509 g/mol. The Morgan fingerprint density at radius 1 is 0.757 bits per heavy atom. The monoisotopic (exact) mass is 508 g/mol. The molecule has 0 spiro atoms. The molecule has 0 atom stereocenters. The maximum Gasteiger partial charge on any atom is 0.200 e. The summed E-state index contributed by atoms with van der Waals surface area (Å²) in [4.78, 5) is 0. The van der Waals surface area contributed by atoms with E-state index >= 15 is 0 Å². The number of allylic oxidation sites excluding steroid dienone is 2. The van der Waals surface area contributed by atoms with Crippen molar-refractivity contribution in [2.75, 3.05) is 7.11 Å². The summed E-state index contributed by atoms with van der Waals surface area (Å²) in [5.74, 6) is 0.848. The van der Waals surface area contributed by atoms with E-state index in [1.165, 1.54) is 69.6 Å². The Labute approximate surface area is 223 Å². The summed E-state index contributed by atoms with van der Waals surface area (Å²) < 4.78 is 33.7. The maximum absolute atomic E-state index is 14.6. The van der Waals surface area contributed by atoms with Crippen LogP contribution in [-0.2, 0) is 12.8 Å². The molecule has 2 aliphatic carbocycles. The summed E-state index contributed by atoms with van der Waals surface area (Å²) in [6, 6.07) is 12.6. The number of methoxy groups -OCH3 is 1. The first-order chi connectivity index (χ1) is 18.1. The predicted molar refractivity (Wildman–Crippen MR) is 150 cm³/mol. The van der Waals surface area contributed by atoms with Crippen molar-refractivity contribution in [3.63, 3.8) is 0 Å². The first-order valence-corrected chi connectivity index (χ1v) is 14.8. The van der Waals surface area contributed by atoms with Crippen LogP contribution < -0.4 is 4.74 Å². The Morgan fingerprint density at radius 2 is 1.38 bits per heavy atom. The fraction of sp³-hybridized carbons (Fsp3) is 0.588. The molecule has 202 valence electrons. The molecule has 4 rings (SSSR count). The Morgan fingerprint density at radius 3 is 2.00 bits per heavy atom. The van der Waals surface area contributed by atoms with Crippen LogP contribution in [0.3, 0.4) is 0 Å². The first-order valence-electron chi connectivity index (χ1n) is 14.8. The molecule has 37 heavy (non-hydrogen) atoms. The second kappa shape index (κ2) is 14.1. The Hall–Kier alpha value is -2.16. The summed E-state index contributed by atoms with van der Waals surface area (Å²) in [7, 11) is 1.38. The van der Waals surface area contributed by atoms with E-state index in [2.05, 4.69) is 43.3 Å². The minimum absolute atomic E-state index is 0.00688. The van der Waals surface area contributed by atoms with Crippen LogP contribution in [0.15, 0.2) is 48.6 Å². The average Bonchev–Trinajstić information content (AvgIpc) is 2.94. The van der Waals surface area contributed by atoms with Crippen molar-refractivity contribution in [3.8, 4) is 5.75 Å². The fourth-order valence-corrected chi connectivity index (χ4v) is 6.72. The Bertz CT molecular complexity index is 980. The highest BCUT2D eigenvalue weighted by molar-refractivity contribution is 5.33. The third kappa shape index (κ3) is 7.68. The van der Waals surface area contributed by atoms with Crippen LogP contribution >= 0.6 is 0 Å². The Balaban J connectivity index is 1.15. The molecule has 2 saturated carbocycles. The molecular formula is C34H46F2O. The van der Waals surface area contributed by atoms with E-state index in [0.29, 0.717) is 5.56 Å². The lowest BCUT2D eigenvalue weighted by molar-refractivity contribution is 0.170. The van der Waals surface area contributed by atoms with Crippen LogP contribution in [0.5, 0.6) is 5.75 Å². The molecule has 2 aliphatic rings. The number of hydrogen-bond acceptors (Lipinski definition) is 1. The summed E-state index contributed by atoms with van der Waals surface area (Å²) in [5.41, 5.74) is 3.45. The van der Waals surface area contributed by atoms with Gasteiger partial charge in [-0.1, -0.05) is 62.2 Å². The predicted octanol–water partition coefficient (Wildman–Crippen LogP) is 9.98. The van der Waals surface area contributed by atoms with Gasteiger partial charge in [-0.25, -0.2) is 4.39 Å². The standard InChI is InChI=1S/C34H46F2O/c1-3-4-5-8-25-11-13-26(14-12-25)9-6-7-10-27-15-17-28(18-16-27)29-19-21-30(22-20-29)31-23-24-32(37-2)34(36)33(31)35/h7,10-14,23-24,27-30H,3-6,8-9,15-22H2,1-2H3. The Kier molecular flexibility index (Phi) is 10.6. The summed E-state index contributed by atoms with van der Waals surface area (Å²) in [5, 5.41) is 0. The van der Waals surface area contributed by atoms with E-state index in [0.717, 1.165) is 56.3 Å². The molecule has 0 bridgehead atoms. The number of rotatable bonds is 11. The van der Waals surface area contributed by atoms with Crippen molar-refractivity contribution in [1.29, 1.82) is 0 Å². The van der Waals surface area contributed by atoms with Gasteiger partial charge in [0.2, 0.25) is 5.82 Å². The molecule has 3 heteroatoms. The molecule has 0 aliphatic heterocycles. The molecule has 0 amide bonds. The molecule has 0 radical (unpaired) electrons. The van der Waals surface area contributed by atoms with Gasteiger partial charge in [0.25, 0.3) is 0 Å². The lowest BCUT2D eigenvalue weighted by Gasteiger charge is -2.37. The van der Waals surface area contributed by atoms with Gasteiger partial charge >= 0.3 is 0 Å². The topological polar surface area (TPSA) is 9.23 Å². The lowest BCUT2D eigenvalue weighted by Crippen LogP contribution is -2.25. The van der Waals surface area contributed by atoms with Crippen molar-refractivity contribution in [1.82, 2.24) is 0 Å². The van der Waals surface area contributed by atoms with Crippen LogP contribution in [0.1, 0.15) is 107 Å². The van der Waals surface area contributed by atoms with E-state index in [4.69, 9.17) is 4.74 Å². The van der Waals surface area contributed by atoms with E-state index in [1.54, 1.807) is 12.1 Å². The van der Waals surface area contributed by atoms with Gasteiger partial charge in [-0.3, -0.25) is 0 Å². The van der Waals surface area contributed by atoms with Gasteiger partial charge in [-0.2, -0.15) is 4.39 Å². The number of aryl methyl sites for hydroxylation is 2. The third-order valence-corrected chi connectivity index (χ3v) is 9.09. The smallest absolute Gasteiger partial charge is 0.200 e. The molecule has 2 fully saturated rings. The number of halogens is 2. The zero-order valence-electron chi connectivity index (χ0n) is 23.0. The van der Waals surface area contributed by atoms with Crippen LogP contribution in [0.25, 0.3) is 0 Å². The highest BCUT2D eigenvalue weighted by Gasteiger charge is 2.32. The van der Waals surface area contributed by atoms with Crippen LogP contribution in [-0.4, -0.2) is 7.11 Å². The highest BCUT2D eigenvalue weighted by atomic mass is 19.2. The van der Waals surface area contributed by atoms with E-state index in [1.807, 2.05) is 0 Å². The minimum Gasteiger partial charge on any atom is -0.494 e. The summed E-state index contributed by atoms with van der Waals surface area (Å²) >= 11 is 0. The van der Waals surface area contributed by atoms with Gasteiger partial charge in [0.15, 0.2) is 11.6 Å². The third-order valence-electron chi connectivity index (χ3n) is 9.09. The van der Waals surface area contributed by atoms with Crippen molar-refractivity contribution in [2.45, 2.75) is 103 Å². The van der Waals surface area contributed by atoms with Crippen molar-refractivity contribution in [3.05, 3.63) is 76.9 Å². The van der Waals surface area contributed by atoms with Crippen LogP contribution in [0, 0.1) is 29.4 Å². The van der Waals surface area contributed by atoms with Gasteiger partial charge in [0, 0.05) is 0 Å². The zero-order valence-corrected chi connectivity index (χ0v) is 23.0. The molecular weight excluding hydrogens is 462 g/mol. The molecule has 0 heterocycles. The summed E-state index contributed by atoms with van der Waals surface area (Å²) in [6.45, 7) is 2.26. The lowest BCUT2D eigenvalue weighted by atomic mass is 9.68. The molecule has 0 unspecified atom stereocenters. The normalized spacial score (nSPS) is 24.4. The highest BCUT2D eigenvalue weighted by Crippen LogP contribution is 2.45. The van der Waals surface area contributed by atoms with Crippen molar-refractivity contribution >= 4 is 0 Å². The van der Waals surface area contributed by atoms with Crippen molar-refractivity contribution < 1.29 is 13.5 Å². The largest absolute Gasteiger partial charge is 0.494 e. The van der Waals surface area contributed by atoms with Gasteiger partial charge in [0.1, 0.15) is 0 Å². The van der Waals surface area contributed by atoms with Gasteiger partial charge in [-0.15, -0.1) is 0 Å². The molecule has 2 aromatic rings. The van der Waals surface area contributed by atoms with Gasteiger partial charge in [-0.05, 0) is 123 Å². The maximum atomic E-state index is 14.6. The van der Waals surface area contributed by atoms with Crippen LogP contribution in [0.2, 0.25) is 0 Å². The second-order valence-electron chi connectivity index (χ2n) is 11.5. The molecule has 0 N–H and O–H groups in total. The molecule has 1 nitrogen and oxygen atoms in total. The first kappa shape index (κ1) is 27.9. The second-order valence-corrected chi connectivity index (χ2v) is 11.5. The van der Waals surface area contributed by atoms with Crippen molar-refractivity contribution in [2.24, 2.45) is 17.8 Å². The SMILES string of the molecule is CCCCCc1ccc(CCC=CC2CCC(C3CCC(c4ccc(OC)c(F)c4F)CC3)CC2)cc1. The zero-order chi connectivity index (χ0) is 26.0. The van der Waals surface area contributed by atoms with Gasteiger partial charge in [0.05, 0.1) is 7.11 Å². The molecule has 2 aromatic carbocycles. The van der Waals surface area contributed by atoms with E-state index < -0.39 is 11.6 Å². The van der Waals surface area contributed by atoms with E-state index in [9.17, 15) is 8.78 Å². The van der Waals surface area contributed by atoms with Crippen LogP contribution in [0.4, 0.5) is 8.78 Å². The van der Waals surface area contributed by atoms with E-state index in [-0.39, 0.29) is 11.7 Å². The number of benzene rings is 2.